The number of carbonyl (C=O) groups excluding carboxylic acids is 1. The van der Waals surface area contributed by atoms with E-state index in [4.69, 9.17) is 9.47 Å². The zero-order valence-electron chi connectivity index (χ0n) is 17.4. The van der Waals surface area contributed by atoms with E-state index in [0.717, 1.165) is 12.8 Å². The Labute approximate surface area is 173 Å². The zero-order valence-corrected chi connectivity index (χ0v) is 18.2. The highest BCUT2D eigenvalue weighted by molar-refractivity contribution is 7.89. The number of methoxy groups -OCH3 is 1. The summed E-state index contributed by atoms with van der Waals surface area (Å²) in [5, 5.41) is 2.94. The summed E-state index contributed by atoms with van der Waals surface area (Å²) in [5.74, 6) is 0.897. The lowest BCUT2D eigenvalue weighted by atomic mass is 9.98. The molecule has 1 aromatic carbocycles. The van der Waals surface area contributed by atoms with Crippen LogP contribution in [0.1, 0.15) is 51.9 Å². The van der Waals surface area contributed by atoms with Gasteiger partial charge in [-0.25, -0.2) is 12.7 Å². The molecule has 0 bridgehead atoms. The topological polar surface area (TPSA) is 84.9 Å². The molecule has 1 N–H and O–H groups in total. The average Bonchev–Trinajstić information content (AvgIpc) is 3.21. The molecule has 0 radical (unpaired) electrons. The molecule has 1 amide bonds. The summed E-state index contributed by atoms with van der Waals surface area (Å²) in [6, 6.07) is 5.37. The summed E-state index contributed by atoms with van der Waals surface area (Å²) in [5.41, 5.74) is 0.636. The third kappa shape index (κ3) is 5.63. The molecule has 3 rings (SSSR count). The SMILES string of the molecule is CCCS(=O)(=O)N1CCC[C@H](C(=O)Nc2ccc(OC)c(OC3CCCC3)c2)C1. The number of hydrogen-bond acceptors (Lipinski definition) is 5. The van der Waals surface area contributed by atoms with E-state index in [0.29, 0.717) is 43.0 Å². The molecule has 1 aliphatic carbocycles. The van der Waals surface area contributed by atoms with Crippen LogP contribution < -0.4 is 14.8 Å². The first-order chi connectivity index (χ1) is 13.9. The number of ether oxygens (including phenoxy) is 2. The van der Waals surface area contributed by atoms with E-state index in [-0.39, 0.29) is 30.2 Å². The summed E-state index contributed by atoms with van der Waals surface area (Å²) in [4.78, 5) is 12.8. The first kappa shape index (κ1) is 21.9. The Balaban J connectivity index is 1.66. The van der Waals surface area contributed by atoms with Gasteiger partial charge in [0.25, 0.3) is 0 Å². The predicted molar refractivity (Wildman–Crippen MR) is 113 cm³/mol. The highest BCUT2D eigenvalue weighted by Gasteiger charge is 2.32. The Hall–Kier alpha value is -1.80. The molecule has 1 saturated heterocycles. The number of benzene rings is 1. The first-order valence-corrected chi connectivity index (χ1v) is 12.2. The molecule has 7 nitrogen and oxygen atoms in total. The molecular weight excluding hydrogens is 392 g/mol. The van der Waals surface area contributed by atoms with Crippen molar-refractivity contribution in [3.63, 3.8) is 0 Å². The molecule has 1 atom stereocenters. The van der Waals surface area contributed by atoms with Crippen molar-refractivity contribution in [2.45, 2.75) is 58.0 Å². The lowest BCUT2D eigenvalue weighted by Crippen LogP contribution is -2.44. The van der Waals surface area contributed by atoms with Crippen LogP contribution in [0.2, 0.25) is 0 Å². The lowest BCUT2D eigenvalue weighted by molar-refractivity contribution is -0.120. The fourth-order valence-corrected chi connectivity index (χ4v) is 5.66. The summed E-state index contributed by atoms with van der Waals surface area (Å²) < 4.78 is 37.7. The van der Waals surface area contributed by atoms with Crippen molar-refractivity contribution < 1.29 is 22.7 Å². The number of sulfonamides is 1. The molecule has 0 aromatic heterocycles. The molecule has 1 saturated carbocycles. The van der Waals surface area contributed by atoms with Gasteiger partial charge in [-0.05, 0) is 57.1 Å². The lowest BCUT2D eigenvalue weighted by Gasteiger charge is -2.31. The third-order valence-electron chi connectivity index (χ3n) is 5.64. The largest absolute Gasteiger partial charge is 0.493 e. The maximum atomic E-state index is 12.8. The second kappa shape index (κ2) is 9.80. The minimum atomic E-state index is -3.29. The van der Waals surface area contributed by atoms with Crippen molar-refractivity contribution in [2.24, 2.45) is 5.92 Å². The van der Waals surface area contributed by atoms with E-state index in [9.17, 15) is 13.2 Å². The number of hydrogen-bond donors (Lipinski definition) is 1. The van der Waals surface area contributed by atoms with E-state index in [1.807, 2.05) is 6.92 Å². The van der Waals surface area contributed by atoms with Crippen molar-refractivity contribution in [2.75, 3.05) is 31.3 Å². The van der Waals surface area contributed by atoms with Crippen LogP contribution in [-0.4, -0.2) is 50.7 Å². The fraction of sp³-hybridized carbons (Fsp3) is 0.667. The molecule has 2 fully saturated rings. The molecule has 0 unspecified atom stereocenters. The molecule has 8 heteroatoms. The molecule has 0 spiro atoms. The minimum Gasteiger partial charge on any atom is -0.493 e. The average molecular weight is 425 g/mol. The van der Waals surface area contributed by atoms with E-state index >= 15 is 0 Å². The van der Waals surface area contributed by atoms with Gasteiger partial charge in [0.15, 0.2) is 11.5 Å². The number of carbonyl (C=O) groups is 1. The fourth-order valence-electron chi connectivity index (χ4n) is 4.07. The van der Waals surface area contributed by atoms with Crippen molar-refractivity contribution in [1.29, 1.82) is 0 Å². The van der Waals surface area contributed by atoms with Crippen LogP contribution in [-0.2, 0) is 14.8 Å². The number of nitrogens with one attached hydrogen (secondary N) is 1. The van der Waals surface area contributed by atoms with E-state index < -0.39 is 10.0 Å². The number of rotatable bonds is 8. The van der Waals surface area contributed by atoms with E-state index in [1.54, 1.807) is 25.3 Å². The second-order valence-electron chi connectivity index (χ2n) is 7.89. The van der Waals surface area contributed by atoms with Gasteiger partial charge in [-0.1, -0.05) is 6.92 Å². The summed E-state index contributed by atoms with van der Waals surface area (Å²) >= 11 is 0. The number of anilines is 1. The monoisotopic (exact) mass is 424 g/mol. The minimum absolute atomic E-state index is 0.127. The van der Waals surface area contributed by atoms with Crippen LogP contribution in [0.4, 0.5) is 5.69 Å². The second-order valence-corrected chi connectivity index (χ2v) is 9.98. The Morgan fingerprint density at radius 3 is 2.62 bits per heavy atom. The van der Waals surface area contributed by atoms with E-state index in [1.165, 1.54) is 17.1 Å². The van der Waals surface area contributed by atoms with Gasteiger partial charge in [0, 0.05) is 24.8 Å². The number of nitrogens with zero attached hydrogens (tertiary/aromatic N) is 1. The zero-order chi connectivity index (χ0) is 20.9. The number of amides is 1. The highest BCUT2D eigenvalue weighted by Crippen LogP contribution is 2.34. The maximum Gasteiger partial charge on any atom is 0.228 e. The Morgan fingerprint density at radius 2 is 1.93 bits per heavy atom. The summed E-state index contributed by atoms with van der Waals surface area (Å²) in [7, 11) is -1.69. The van der Waals surface area contributed by atoms with Gasteiger partial charge in [-0.3, -0.25) is 4.79 Å². The number of piperidine rings is 1. The smallest absolute Gasteiger partial charge is 0.228 e. The van der Waals surface area contributed by atoms with Gasteiger partial charge < -0.3 is 14.8 Å². The van der Waals surface area contributed by atoms with Crippen molar-refractivity contribution in [3.8, 4) is 11.5 Å². The van der Waals surface area contributed by atoms with Crippen LogP contribution in [0, 0.1) is 5.92 Å². The van der Waals surface area contributed by atoms with Gasteiger partial charge in [0.2, 0.25) is 15.9 Å². The van der Waals surface area contributed by atoms with Gasteiger partial charge in [-0.2, -0.15) is 0 Å². The predicted octanol–water partition coefficient (Wildman–Crippen LogP) is 3.41. The van der Waals surface area contributed by atoms with Crippen LogP contribution >= 0.6 is 0 Å². The van der Waals surface area contributed by atoms with Crippen LogP contribution in [0.5, 0.6) is 11.5 Å². The quantitative estimate of drug-likeness (QED) is 0.691. The Kier molecular flexibility index (Phi) is 7.40. The van der Waals surface area contributed by atoms with Gasteiger partial charge in [-0.15, -0.1) is 0 Å². The van der Waals surface area contributed by atoms with Crippen molar-refractivity contribution >= 4 is 21.6 Å². The van der Waals surface area contributed by atoms with Crippen molar-refractivity contribution in [3.05, 3.63) is 18.2 Å². The third-order valence-corrected chi connectivity index (χ3v) is 7.68. The molecule has 162 valence electrons. The highest BCUT2D eigenvalue weighted by atomic mass is 32.2. The van der Waals surface area contributed by atoms with Crippen LogP contribution in [0.3, 0.4) is 0 Å². The summed E-state index contributed by atoms with van der Waals surface area (Å²) in [6.07, 6.45) is 6.54. The molecule has 1 heterocycles. The van der Waals surface area contributed by atoms with Gasteiger partial charge >= 0.3 is 0 Å². The summed E-state index contributed by atoms with van der Waals surface area (Å²) in [6.45, 7) is 2.59. The standard InChI is InChI=1S/C21H32N2O5S/c1-3-13-29(25,26)23-12-6-7-16(15-23)21(24)22-17-10-11-19(27-2)20(14-17)28-18-8-4-5-9-18/h10-11,14,16,18H,3-9,12-13,15H2,1-2H3,(H,22,24)/t16-/m0/s1. The Morgan fingerprint density at radius 1 is 1.17 bits per heavy atom. The molecule has 2 aliphatic rings. The molecule has 1 aromatic rings. The van der Waals surface area contributed by atoms with Crippen LogP contribution in [0.15, 0.2) is 18.2 Å². The molecule has 1 aliphatic heterocycles. The normalized spacial score (nSPS) is 21.1. The molecular formula is C21H32N2O5S. The van der Waals surface area contributed by atoms with Gasteiger partial charge in [0.1, 0.15) is 0 Å². The van der Waals surface area contributed by atoms with E-state index in [2.05, 4.69) is 5.32 Å². The molecule has 29 heavy (non-hydrogen) atoms. The van der Waals surface area contributed by atoms with Crippen molar-refractivity contribution in [1.82, 2.24) is 4.31 Å². The first-order valence-electron chi connectivity index (χ1n) is 10.6. The van der Waals surface area contributed by atoms with Gasteiger partial charge in [0.05, 0.1) is 24.9 Å². The Bertz CT molecular complexity index is 805. The van der Waals surface area contributed by atoms with Crippen LogP contribution in [0.25, 0.3) is 0 Å². The maximum absolute atomic E-state index is 12.8.